The molecule has 1 aliphatic rings. The zero-order chi connectivity index (χ0) is 19.2. The maximum atomic E-state index is 12.0. The average molecular weight is 363 g/mol. The van der Waals surface area contributed by atoms with Crippen LogP contribution in [0.4, 0.5) is 0 Å². The summed E-state index contributed by atoms with van der Waals surface area (Å²) in [5.41, 5.74) is 4.34. The molecule has 27 heavy (non-hydrogen) atoms. The molecule has 1 saturated carbocycles. The molecule has 1 aliphatic carbocycles. The van der Waals surface area contributed by atoms with E-state index in [0.29, 0.717) is 11.5 Å². The van der Waals surface area contributed by atoms with Gasteiger partial charge >= 0.3 is 0 Å². The highest BCUT2D eigenvalue weighted by Crippen LogP contribution is 2.38. The molecule has 0 N–H and O–H groups in total. The summed E-state index contributed by atoms with van der Waals surface area (Å²) in [5.74, 6) is 1.44. The molecule has 0 aromatic heterocycles. The maximum absolute atomic E-state index is 12.0. The predicted molar refractivity (Wildman–Crippen MR) is 111 cm³/mol. The van der Waals surface area contributed by atoms with Gasteiger partial charge in [-0.05, 0) is 61.1 Å². The standard InChI is InChI=1S/C25H30O2/c1-3-4-19-5-7-20(8-6-19)21-9-11-22(12-10-21)23-13-15-24(16-14-23)25(27)17-18(2)26/h9-16,19-20H,3-8,17H2,1-2H3. The molecule has 142 valence electrons. The van der Waals surface area contributed by atoms with E-state index in [4.69, 9.17) is 0 Å². The topological polar surface area (TPSA) is 34.1 Å². The van der Waals surface area contributed by atoms with Gasteiger partial charge in [-0.2, -0.15) is 0 Å². The Morgan fingerprint density at radius 1 is 0.852 bits per heavy atom. The Hall–Kier alpha value is -2.22. The van der Waals surface area contributed by atoms with E-state index in [1.807, 2.05) is 24.3 Å². The maximum Gasteiger partial charge on any atom is 0.170 e. The molecule has 2 heteroatoms. The van der Waals surface area contributed by atoms with Gasteiger partial charge in [0.05, 0.1) is 6.42 Å². The van der Waals surface area contributed by atoms with Crippen molar-refractivity contribution < 1.29 is 9.59 Å². The van der Waals surface area contributed by atoms with Gasteiger partial charge in [-0.3, -0.25) is 9.59 Å². The van der Waals surface area contributed by atoms with Crippen LogP contribution in [-0.2, 0) is 4.79 Å². The van der Waals surface area contributed by atoms with Crippen molar-refractivity contribution in [1.82, 2.24) is 0 Å². The number of carbonyl (C=O) groups excluding carboxylic acids is 2. The second-order valence-corrected chi connectivity index (χ2v) is 8.01. The van der Waals surface area contributed by atoms with Crippen LogP contribution in [-0.4, -0.2) is 11.6 Å². The summed E-state index contributed by atoms with van der Waals surface area (Å²) in [5, 5.41) is 0. The van der Waals surface area contributed by atoms with Crippen LogP contribution in [0.25, 0.3) is 11.1 Å². The highest BCUT2D eigenvalue weighted by molar-refractivity contribution is 6.07. The Bertz CT molecular complexity index is 763. The van der Waals surface area contributed by atoms with Gasteiger partial charge in [0.2, 0.25) is 0 Å². The summed E-state index contributed by atoms with van der Waals surface area (Å²) in [7, 11) is 0. The largest absolute Gasteiger partial charge is 0.300 e. The molecule has 0 heterocycles. The Balaban J connectivity index is 1.63. The van der Waals surface area contributed by atoms with Gasteiger partial charge in [0, 0.05) is 5.56 Å². The summed E-state index contributed by atoms with van der Waals surface area (Å²) in [6, 6.07) is 16.5. The van der Waals surface area contributed by atoms with Crippen molar-refractivity contribution in [2.75, 3.05) is 0 Å². The molecule has 0 radical (unpaired) electrons. The highest BCUT2D eigenvalue weighted by atomic mass is 16.1. The van der Waals surface area contributed by atoms with Crippen molar-refractivity contribution in [3.05, 3.63) is 59.7 Å². The van der Waals surface area contributed by atoms with Gasteiger partial charge < -0.3 is 0 Å². The number of ketones is 2. The fraction of sp³-hybridized carbons (Fsp3) is 0.440. The third-order valence-electron chi connectivity index (χ3n) is 5.88. The second-order valence-electron chi connectivity index (χ2n) is 8.01. The van der Waals surface area contributed by atoms with E-state index in [-0.39, 0.29) is 18.0 Å². The van der Waals surface area contributed by atoms with Gasteiger partial charge in [0.15, 0.2) is 5.78 Å². The monoisotopic (exact) mass is 362 g/mol. The van der Waals surface area contributed by atoms with Crippen LogP contribution in [0.1, 0.15) is 80.6 Å². The number of carbonyl (C=O) groups is 2. The molecule has 2 aromatic rings. The van der Waals surface area contributed by atoms with Crippen LogP contribution in [0.5, 0.6) is 0 Å². The first-order valence-corrected chi connectivity index (χ1v) is 10.3. The van der Waals surface area contributed by atoms with Gasteiger partial charge in [-0.1, -0.05) is 68.3 Å². The number of rotatable bonds is 7. The lowest BCUT2D eigenvalue weighted by Crippen LogP contribution is -2.13. The summed E-state index contributed by atoms with van der Waals surface area (Å²) in [6.07, 6.45) is 8.05. The van der Waals surface area contributed by atoms with E-state index >= 15 is 0 Å². The predicted octanol–water partition coefficient (Wildman–Crippen LogP) is 6.59. The molecule has 2 aromatic carbocycles. The van der Waals surface area contributed by atoms with Crippen LogP contribution >= 0.6 is 0 Å². The zero-order valence-corrected chi connectivity index (χ0v) is 16.5. The molecule has 0 unspecified atom stereocenters. The van der Waals surface area contributed by atoms with Crippen LogP contribution in [0, 0.1) is 5.92 Å². The first-order valence-electron chi connectivity index (χ1n) is 10.3. The third kappa shape index (κ3) is 5.15. The SMILES string of the molecule is CCCC1CCC(c2ccc(-c3ccc(C(=O)CC(C)=O)cc3)cc2)CC1. The molecule has 0 bridgehead atoms. The summed E-state index contributed by atoms with van der Waals surface area (Å²) in [6.45, 7) is 3.74. The molecule has 0 aliphatic heterocycles. The fourth-order valence-corrected chi connectivity index (χ4v) is 4.32. The number of Topliss-reactive ketones (excluding diaryl/α,β-unsaturated/α-hetero) is 2. The Morgan fingerprint density at radius 3 is 1.93 bits per heavy atom. The van der Waals surface area contributed by atoms with Crippen molar-refractivity contribution in [2.45, 2.75) is 64.7 Å². The Labute approximate surface area is 163 Å². The zero-order valence-electron chi connectivity index (χ0n) is 16.5. The van der Waals surface area contributed by atoms with Crippen molar-refractivity contribution in [2.24, 2.45) is 5.92 Å². The first-order chi connectivity index (χ1) is 13.1. The van der Waals surface area contributed by atoms with Crippen molar-refractivity contribution in [1.29, 1.82) is 0 Å². The minimum Gasteiger partial charge on any atom is -0.300 e. The van der Waals surface area contributed by atoms with E-state index < -0.39 is 0 Å². The van der Waals surface area contributed by atoms with Crippen LogP contribution < -0.4 is 0 Å². The van der Waals surface area contributed by atoms with Crippen LogP contribution in [0.2, 0.25) is 0 Å². The lowest BCUT2D eigenvalue weighted by atomic mass is 9.77. The van der Waals surface area contributed by atoms with Crippen LogP contribution in [0.15, 0.2) is 48.5 Å². The molecule has 0 amide bonds. The van der Waals surface area contributed by atoms with Gasteiger partial charge in [-0.15, -0.1) is 0 Å². The molecule has 1 fully saturated rings. The molecule has 2 nitrogen and oxygen atoms in total. The van der Waals surface area contributed by atoms with E-state index in [2.05, 4.69) is 31.2 Å². The number of benzene rings is 2. The molecule has 3 rings (SSSR count). The fourth-order valence-electron chi connectivity index (χ4n) is 4.32. The van der Waals surface area contributed by atoms with E-state index in [9.17, 15) is 9.59 Å². The lowest BCUT2D eigenvalue weighted by Gasteiger charge is -2.28. The summed E-state index contributed by atoms with van der Waals surface area (Å²) in [4.78, 5) is 23.1. The van der Waals surface area contributed by atoms with Gasteiger partial charge in [0.25, 0.3) is 0 Å². The van der Waals surface area contributed by atoms with Gasteiger partial charge in [0.1, 0.15) is 5.78 Å². The Morgan fingerprint density at radius 2 is 1.41 bits per heavy atom. The minimum atomic E-state index is -0.108. The van der Waals surface area contributed by atoms with Crippen molar-refractivity contribution in [3.63, 3.8) is 0 Å². The van der Waals surface area contributed by atoms with Crippen molar-refractivity contribution in [3.8, 4) is 11.1 Å². The third-order valence-corrected chi connectivity index (χ3v) is 5.88. The van der Waals surface area contributed by atoms with E-state index in [0.717, 1.165) is 11.5 Å². The van der Waals surface area contributed by atoms with E-state index in [1.165, 1.54) is 56.6 Å². The lowest BCUT2D eigenvalue weighted by molar-refractivity contribution is -0.116. The highest BCUT2D eigenvalue weighted by Gasteiger charge is 2.21. The van der Waals surface area contributed by atoms with Gasteiger partial charge in [-0.25, -0.2) is 0 Å². The molecular formula is C25H30O2. The van der Waals surface area contributed by atoms with Crippen molar-refractivity contribution >= 4 is 11.6 Å². The number of hydrogen-bond donors (Lipinski definition) is 0. The molecular weight excluding hydrogens is 332 g/mol. The smallest absolute Gasteiger partial charge is 0.170 e. The molecule has 0 saturated heterocycles. The molecule has 0 atom stereocenters. The first kappa shape index (κ1) is 19.5. The Kier molecular flexibility index (Phi) is 6.60. The van der Waals surface area contributed by atoms with Crippen LogP contribution in [0.3, 0.4) is 0 Å². The summed E-state index contributed by atoms with van der Waals surface area (Å²) >= 11 is 0. The number of hydrogen-bond acceptors (Lipinski definition) is 2. The second kappa shape index (κ2) is 9.12. The average Bonchev–Trinajstić information content (AvgIpc) is 2.69. The summed E-state index contributed by atoms with van der Waals surface area (Å²) < 4.78 is 0. The minimum absolute atomic E-state index is 0.0193. The van der Waals surface area contributed by atoms with E-state index in [1.54, 1.807) is 0 Å². The quantitative estimate of drug-likeness (QED) is 0.411. The molecule has 0 spiro atoms. The normalized spacial score (nSPS) is 19.6.